The van der Waals surface area contributed by atoms with Crippen LogP contribution in [0.1, 0.15) is 354 Å². The minimum absolute atomic E-state index is 0.249. The molecule has 486 valence electrons. The van der Waals surface area contributed by atoms with Gasteiger partial charge in [0, 0.05) is 0 Å². The monoisotopic (exact) mass is 1160 g/mol. The standard InChI is InChI=1S/C71H137NO10/c1-3-5-7-9-11-13-15-17-19-21-23-25-27-29-30-31-32-33-34-35-37-38-40-42-44-46-48-50-52-54-56-58-63(74)66(76)62(61-81-71-69(79)68(78)67(77)65(60-73)82-71)72-70(80)64(75)59-57-55-53-51-49-47-45-43-41-39-36-28-26-24-22-20-18-16-14-12-10-8-6-4-2/h42,44,50,52,62-69,71,73-79H,3-41,43,45-49,51,53-61H2,1-2H3,(H,72,80)/b44-42+,52-50+. The van der Waals surface area contributed by atoms with Crippen LogP contribution < -0.4 is 5.32 Å². The Labute approximate surface area is 505 Å². The number of unbranched alkanes of at least 4 members (excludes halogenated alkanes) is 47. The molecule has 1 fully saturated rings. The second-order valence-corrected chi connectivity index (χ2v) is 25.3. The maximum Gasteiger partial charge on any atom is 0.249 e. The summed E-state index contributed by atoms with van der Waals surface area (Å²) in [7, 11) is 0. The van der Waals surface area contributed by atoms with Crippen LogP contribution in [0, 0.1) is 0 Å². The summed E-state index contributed by atoms with van der Waals surface area (Å²) in [6.07, 6.45) is 64.2. The van der Waals surface area contributed by atoms with Gasteiger partial charge in [0.05, 0.1) is 25.4 Å². The van der Waals surface area contributed by atoms with Crippen LogP contribution in [0.3, 0.4) is 0 Å². The Hall–Kier alpha value is -1.41. The van der Waals surface area contributed by atoms with Gasteiger partial charge >= 0.3 is 0 Å². The lowest BCUT2D eigenvalue weighted by Crippen LogP contribution is -2.60. The van der Waals surface area contributed by atoms with Crippen LogP contribution in [0.5, 0.6) is 0 Å². The van der Waals surface area contributed by atoms with Gasteiger partial charge < -0.3 is 50.5 Å². The van der Waals surface area contributed by atoms with Gasteiger partial charge in [-0.2, -0.15) is 0 Å². The summed E-state index contributed by atoms with van der Waals surface area (Å²) in [5.41, 5.74) is 0. The van der Waals surface area contributed by atoms with Crippen LogP contribution >= 0.6 is 0 Å². The summed E-state index contributed by atoms with van der Waals surface area (Å²) in [5.74, 6) is -0.703. The summed E-state index contributed by atoms with van der Waals surface area (Å²) < 4.78 is 11.2. The first-order valence-electron chi connectivity index (χ1n) is 35.7. The Kier molecular flexibility index (Phi) is 57.4. The van der Waals surface area contributed by atoms with Gasteiger partial charge in [0.25, 0.3) is 0 Å². The molecule has 9 unspecified atom stereocenters. The highest BCUT2D eigenvalue weighted by Crippen LogP contribution is 2.24. The van der Waals surface area contributed by atoms with E-state index < -0.39 is 74.2 Å². The predicted octanol–water partition coefficient (Wildman–Crippen LogP) is 17.2. The molecule has 1 heterocycles. The number of aliphatic hydroxyl groups excluding tert-OH is 7. The molecule has 0 aliphatic carbocycles. The molecule has 0 radical (unpaired) electrons. The van der Waals surface area contributed by atoms with E-state index in [1.807, 2.05) is 0 Å². The maximum absolute atomic E-state index is 13.2. The first kappa shape index (κ1) is 78.6. The average molecular weight is 1160 g/mol. The summed E-state index contributed by atoms with van der Waals surface area (Å²) >= 11 is 0. The van der Waals surface area contributed by atoms with E-state index in [2.05, 4.69) is 43.5 Å². The van der Waals surface area contributed by atoms with Crippen molar-refractivity contribution in [1.29, 1.82) is 0 Å². The Bertz CT molecular complexity index is 1380. The smallest absolute Gasteiger partial charge is 0.249 e. The van der Waals surface area contributed by atoms with E-state index in [1.54, 1.807) is 0 Å². The first-order valence-corrected chi connectivity index (χ1v) is 35.7. The SMILES string of the molecule is CCCCCCCCCCCCCCCCCCCCCCCC/C=C/CC/C=C/CCCC(O)C(O)C(COC1OC(CO)C(O)C(O)C1O)NC(=O)C(O)CCCCCCCCCCCCCCCCCCCCCCCCCC. The van der Waals surface area contributed by atoms with Crippen LogP contribution in [0.15, 0.2) is 24.3 Å². The second-order valence-electron chi connectivity index (χ2n) is 25.3. The molecule has 1 rings (SSSR count). The van der Waals surface area contributed by atoms with Crippen molar-refractivity contribution in [1.82, 2.24) is 5.32 Å². The number of aliphatic hydroxyl groups is 7. The van der Waals surface area contributed by atoms with Gasteiger partial charge in [-0.15, -0.1) is 0 Å². The van der Waals surface area contributed by atoms with Crippen LogP contribution in [0.25, 0.3) is 0 Å². The molecule has 0 aromatic heterocycles. The molecular formula is C71H137NO10. The molecule has 0 saturated carbocycles. The van der Waals surface area contributed by atoms with Gasteiger partial charge in [-0.1, -0.05) is 327 Å². The van der Waals surface area contributed by atoms with Crippen LogP contribution in [0.2, 0.25) is 0 Å². The van der Waals surface area contributed by atoms with Crippen molar-refractivity contribution < 1.29 is 50.0 Å². The van der Waals surface area contributed by atoms with Gasteiger partial charge in [-0.3, -0.25) is 4.79 Å². The van der Waals surface area contributed by atoms with Crippen molar-refractivity contribution in [2.75, 3.05) is 13.2 Å². The quantitative estimate of drug-likeness (QED) is 0.0215. The average Bonchev–Trinajstić information content (AvgIpc) is 3.48. The number of amides is 1. The number of allylic oxidation sites excluding steroid dienone is 4. The number of nitrogens with one attached hydrogen (secondary N) is 1. The molecule has 8 N–H and O–H groups in total. The maximum atomic E-state index is 13.2. The summed E-state index contributed by atoms with van der Waals surface area (Å²) in [6, 6.07) is -1.19. The van der Waals surface area contributed by atoms with Crippen LogP contribution in [-0.2, 0) is 14.3 Å². The third-order valence-corrected chi connectivity index (χ3v) is 17.5. The van der Waals surface area contributed by atoms with Crippen LogP contribution in [-0.4, -0.2) is 110 Å². The Balaban J connectivity index is 2.21. The summed E-state index contributed by atoms with van der Waals surface area (Å²) in [5, 5.41) is 76.5. The molecule has 1 amide bonds. The number of hydrogen-bond acceptors (Lipinski definition) is 10. The fraction of sp³-hybridized carbons (Fsp3) is 0.930. The van der Waals surface area contributed by atoms with E-state index in [4.69, 9.17) is 9.47 Å². The topological polar surface area (TPSA) is 189 Å². The van der Waals surface area contributed by atoms with Gasteiger partial charge in [0.1, 0.15) is 36.6 Å². The molecular weight excluding hydrogens is 1030 g/mol. The second kappa shape index (κ2) is 59.9. The van der Waals surface area contributed by atoms with E-state index >= 15 is 0 Å². The predicted molar refractivity (Wildman–Crippen MR) is 344 cm³/mol. The van der Waals surface area contributed by atoms with Gasteiger partial charge in [0.2, 0.25) is 5.91 Å². The van der Waals surface area contributed by atoms with Gasteiger partial charge in [0.15, 0.2) is 6.29 Å². The van der Waals surface area contributed by atoms with Crippen molar-refractivity contribution >= 4 is 5.91 Å². The van der Waals surface area contributed by atoms with Gasteiger partial charge in [-0.05, 0) is 51.4 Å². The number of carbonyl (C=O) groups is 1. The lowest BCUT2D eigenvalue weighted by atomic mass is 9.98. The molecule has 1 aliphatic rings. The van der Waals surface area contributed by atoms with E-state index in [0.717, 1.165) is 38.5 Å². The van der Waals surface area contributed by atoms with Crippen molar-refractivity contribution in [3.8, 4) is 0 Å². The highest BCUT2D eigenvalue weighted by molar-refractivity contribution is 5.80. The molecule has 82 heavy (non-hydrogen) atoms. The van der Waals surface area contributed by atoms with Crippen molar-refractivity contribution in [3.05, 3.63) is 24.3 Å². The fourth-order valence-corrected chi connectivity index (χ4v) is 11.8. The zero-order chi connectivity index (χ0) is 59.6. The number of ether oxygens (including phenoxy) is 2. The lowest BCUT2D eigenvalue weighted by molar-refractivity contribution is -0.303. The molecule has 11 nitrogen and oxygen atoms in total. The van der Waals surface area contributed by atoms with Crippen LogP contribution in [0.4, 0.5) is 0 Å². The lowest BCUT2D eigenvalue weighted by Gasteiger charge is -2.40. The molecule has 11 heteroatoms. The third-order valence-electron chi connectivity index (χ3n) is 17.5. The van der Waals surface area contributed by atoms with Gasteiger partial charge in [-0.25, -0.2) is 0 Å². The molecule has 0 bridgehead atoms. The molecule has 0 aromatic carbocycles. The Morgan fingerprint density at radius 3 is 1.09 bits per heavy atom. The number of carbonyl (C=O) groups excluding carboxylic acids is 1. The Morgan fingerprint density at radius 1 is 0.415 bits per heavy atom. The molecule has 0 aromatic rings. The zero-order valence-corrected chi connectivity index (χ0v) is 53.8. The van der Waals surface area contributed by atoms with E-state index in [0.29, 0.717) is 19.3 Å². The molecule has 0 spiro atoms. The number of rotatable bonds is 63. The highest BCUT2D eigenvalue weighted by Gasteiger charge is 2.44. The largest absolute Gasteiger partial charge is 0.394 e. The normalized spacial score (nSPS) is 19.2. The minimum Gasteiger partial charge on any atom is -0.394 e. The summed E-state index contributed by atoms with van der Waals surface area (Å²) in [4.78, 5) is 13.2. The fourth-order valence-electron chi connectivity index (χ4n) is 11.8. The summed E-state index contributed by atoms with van der Waals surface area (Å²) in [6.45, 7) is 3.50. The Morgan fingerprint density at radius 2 is 0.732 bits per heavy atom. The molecule has 1 saturated heterocycles. The molecule has 9 atom stereocenters. The van der Waals surface area contributed by atoms with E-state index in [9.17, 15) is 40.5 Å². The van der Waals surface area contributed by atoms with Crippen molar-refractivity contribution in [2.45, 2.75) is 409 Å². The molecule has 1 aliphatic heterocycles. The minimum atomic E-state index is -1.67. The van der Waals surface area contributed by atoms with E-state index in [1.165, 1.54) is 270 Å². The third kappa shape index (κ3) is 46.8. The number of hydrogen-bond donors (Lipinski definition) is 8. The van der Waals surface area contributed by atoms with Crippen molar-refractivity contribution in [3.63, 3.8) is 0 Å². The zero-order valence-electron chi connectivity index (χ0n) is 53.8. The first-order chi connectivity index (χ1) is 40.2. The van der Waals surface area contributed by atoms with E-state index in [-0.39, 0.29) is 12.8 Å². The van der Waals surface area contributed by atoms with Crippen molar-refractivity contribution in [2.24, 2.45) is 0 Å². The highest BCUT2D eigenvalue weighted by atomic mass is 16.7.